The standard InChI is InChI=1S/C10H16N2O8.Mn.2Na.4H2O/c13-7(14)3-11(4-8(15)16)1-2-12(5-9(17)18)6-10(19)20;;;;;;;/h1-6H2,(H,13,14)(H,15,16)(H,17,18)(H,19,20);;;;4*1H2/q;+2;2*+1;;;;/p-4. The van der Waals surface area contributed by atoms with Gasteiger partial charge in [-0.2, -0.15) is 0 Å². The number of carboxylic acid groups (broad SMARTS) is 4. The van der Waals surface area contributed by atoms with E-state index in [4.69, 9.17) is 0 Å². The van der Waals surface area contributed by atoms with E-state index < -0.39 is 50.1 Å². The molecule has 0 heterocycles. The molecule has 0 spiro atoms. The number of hydrogen-bond acceptors (Lipinski definition) is 10. The van der Waals surface area contributed by atoms with Crippen LogP contribution in [-0.2, 0) is 36.2 Å². The predicted octanol–water partition coefficient (Wildman–Crippen LogP) is -16.7. The number of aliphatic carboxylic acids is 4. The number of carbonyl (C=O) groups excluding carboxylic acids is 4. The van der Waals surface area contributed by atoms with Crippen LogP contribution in [-0.4, -0.2) is 94.9 Å². The molecular weight excluding hydrogens is 441 g/mol. The number of hydrogen-bond donors (Lipinski definition) is 0. The maximum absolute atomic E-state index is 10.4. The predicted molar refractivity (Wildman–Crippen MR) is 67.4 cm³/mol. The van der Waals surface area contributed by atoms with Crippen molar-refractivity contribution in [1.29, 1.82) is 0 Å². The quantitative estimate of drug-likeness (QED) is 0.261. The van der Waals surface area contributed by atoms with Crippen molar-refractivity contribution in [2.75, 3.05) is 39.3 Å². The Morgan fingerprint density at radius 2 is 0.667 bits per heavy atom. The second kappa shape index (κ2) is 28.4. The normalized spacial score (nSPS) is 7.93. The first-order valence-electron chi connectivity index (χ1n) is 5.44. The molecule has 0 aromatic rings. The van der Waals surface area contributed by atoms with E-state index >= 15 is 0 Å². The molecule has 0 unspecified atom stereocenters. The van der Waals surface area contributed by atoms with Crippen molar-refractivity contribution >= 4 is 23.9 Å². The summed E-state index contributed by atoms with van der Waals surface area (Å²) in [5, 5.41) is 41.6. The fourth-order valence-corrected chi connectivity index (χ4v) is 1.44. The van der Waals surface area contributed by atoms with Gasteiger partial charge < -0.3 is 61.5 Å². The van der Waals surface area contributed by atoms with Gasteiger partial charge in [-0.1, -0.05) is 0 Å². The first-order valence-corrected chi connectivity index (χ1v) is 5.44. The van der Waals surface area contributed by atoms with Crippen LogP contribution in [0.4, 0.5) is 0 Å². The smallest absolute Gasteiger partial charge is 0.549 e. The first kappa shape index (κ1) is 50.6. The van der Waals surface area contributed by atoms with E-state index in [0.717, 1.165) is 9.80 Å². The van der Waals surface area contributed by atoms with Crippen LogP contribution in [0.3, 0.4) is 0 Å². The van der Waals surface area contributed by atoms with E-state index in [9.17, 15) is 39.6 Å². The molecule has 14 nitrogen and oxygen atoms in total. The molecule has 1 radical (unpaired) electrons. The SMILES string of the molecule is O.O.O.O.O=C([O-])CN(CCN(CC(=O)[O-])CC(=O)[O-])CC(=O)[O-].[Mn+2].[Na+].[Na+]. The number of carbonyl (C=O) groups is 4. The van der Waals surface area contributed by atoms with Crippen molar-refractivity contribution < 1.29 is 138 Å². The largest absolute Gasteiger partial charge is 2.00 e. The Hall–Kier alpha value is 0.159. The van der Waals surface area contributed by atoms with Crippen molar-refractivity contribution in [2.24, 2.45) is 0 Å². The van der Waals surface area contributed by atoms with E-state index in [-0.39, 0.29) is 111 Å². The van der Waals surface area contributed by atoms with E-state index in [2.05, 4.69) is 0 Å². The van der Waals surface area contributed by atoms with Crippen molar-refractivity contribution in [2.45, 2.75) is 0 Å². The van der Waals surface area contributed by atoms with Gasteiger partial charge in [-0.15, -0.1) is 0 Å². The summed E-state index contributed by atoms with van der Waals surface area (Å²) in [7, 11) is 0. The second-order valence-corrected chi connectivity index (χ2v) is 3.91. The summed E-state index contributed by atoms with van der Waals surface area (Å²) in [6.07, 6.45) is 0. The zero-order chi connectivity index (χ0) is 15.7. The fraction of sp³-hybridized carbons (Fsp3) is 0.600. The molecule has 0 saturated carbocycles. The molecule has 0 aliphatic carbocycles. The molecule has 0 saturated heterocycles. The van der Waals surface area contributed by atoms with Crippen molar-refractivity contribution in [3.05, 3.63) is 0 Å². The topological polar surface area (TPSA) is 293 Å². The van der Waals surface area contributed by atoms with Gasteiger partial charge in [-0.3, -0.25) is 9.80 Å². The summed E-state index contributed by atoms with van der Waals surface area (Å²) in [6.45, 7) is -3.25. The van der Waals surface area contributed by atoms with Gasteiger partial charge in [0.25, 0.3) is 0 Å². The van der Waals surface area contributed by atoms with Crippen LogP contribution in [0.5, 0.6) is 0 Å². The Labute approximate surface area is 209 Å². The molecular formula is C10H20MnN2Na2O12. The van der Waals surface area contributed by atoms with Gasteiger partial charge in [0.05, 0.1) is 23.9 Å². The summed E-state index contributed by atoms with van der Waals surface area (Å²) < 4.78 is 0. The van der Waals surface area contributed by atoms with Crippen LogP contribution in [0, 0.1) is 0 Å². The summed E-state index contributed by atoms with van der Waals surface area (Å²) in [5.41, 5.74) is 0. The molecule has 17 heteroatoms. The average molecular weight is 461 g/mol. The minimum atomic E-state index is -1.53. The number of rotatable bonds is 11. The Balaban J connectivity index is -0.0000000860. The second-order valence-electron chi connectivity index (χ2n) is 3.91. The maximum Gasteiger partial charge on any atom is 2.00 e. The molecule has 0 aromatic carbocycles. The minimum Gasteiger partial charge on any atom is -0.549 e. The monoisotopic (exact) mass is 461 g/mol. The summed E-state index contributed by atoms with van der Waals surface area (Å²) in [6, 6.07) is 0. The van der Waals surface area contributed by atoms with Gasteiger partial charge in [0.15, 0.2) is 0 Å². The van der Waals surface area contributed by atoms with Crippen LogP contribution in [0.25, 0.3) is 0 Å². The first-order chi connectivity index (χ1) is 9.20. The third-order valence-corrected chi connectivity index (χ3v) is 2.14. The van der Waals surface area contributed by atoms with Gasteiger partial charge in [0, 0.05) is 39.3 Å². The Morgan fingerprint density at radius 3 is 0.778 bits per heavy atom. The fourth-order valence-electron chi connectivity index (χ4n) is 1.44. The van der Waals surface area contributed by atoms with Crippen LogP contribution < -0.4 is 79.5 Å². The van der Waals surface area contributed by atoms with Gasteiger partial charge in [0.2, 0.25) is 0 Å². The summed E-state index contributed by atoms with van der Waals surface area (Å²) in [4.78, 5) is 43.4. The minimum absolute atomic E-state index is 0. The third kappa shape index (κ3) is 34.1. The average Bonchev–Trinajstić information content (AvgIpc) is 2.22. The molecule has 0 aromatic heterocycles. The molecule has 0 rings (SSSR count). The summed E-state index contributed by atoms with van der Waals surface area (Å²) >= 11 is 0. The van der Waals surface area contributed by atoms with E-state index in [1.807, 2.05) is 0 Å². The molecule has 0 aliphatic heterocycles. The van der Waals surface area contributed by atoms with Crippen LogP contribution in [0.1, 0.15) is 0 Å². The molecule has 0 amide bonds. The molecule has 0 atom stereocenters. The van der Waals surface area contributed by atoms with Crippen molar-refractivity contribution in [3.63, 3.8) is 0 Å². The van der Waals surface area contributed by atoms with E-state index in [1.165, 1.54) is 0 Å². The van der Waals surface area contributed by atoms with Crippen LogP contribution >= 0.6 is 0 Å². The van der Waals surface area contributed by atoms with Gasteiger partial charge >= 0.3 is 76.2 Å². The number of nitrogens with zero attached hydrogens (tertiary/aromatic N) is 2. The van der Waals surface area contributed by atoms with Gasteiger partial charge in [0.1, 0.15) is 0 Å². The zero-order valence-corrected chi connectivity index (χ0v) is 20.0. The Bertz CT molecular complexity index is 336. The third-order valence-electron chi connectivity index (χ3n) is 2.14. The van der Waals surface area contributed by atoms with Crippen molar-refractivity contribution in [3.8, 4) is 0 Å². The van der Waals surface area contributed by atoms with E-state index in [1.54, 1.807) is 0 Å². The molecule has 27 heavy (non-hydrogen) atoms. The summed E-state index contributed by atoms with van der Waals surface area (Å²) in [5.74, 6) is -6.12. The molecule has 8 N–H and O–H groups in total. The molecule has 0 aliphatic rings. The van der Waals surface area contributed by atoms with Crippen molar-refractivity contribution in [1.82, 2.24) is 9.80 Å². The van der Waals surface area contributed by atoms with Crippen LogP contribution in [0.15, 0.2) is 0 Å². The number of carboxylic acids is 4. The Kier molecular flexibility index (Phi) is 53.2. The molecule has 0 fully saturated rings. The van der Waals surface area contributed by atoms with Crippen LogP contribution in [0.2, 0.25) is 0 Å². The molecule has 151 valence electrons. The maximum atomic E-state index is 10.4. The van der Waals surface area contributed by atoms with Gasteiger partial charge in [-0.05, 0) is 0 Å². The molecule has 0 bridgehead atoms. The zero-order valence-electron chi connectivity index (χ0n) is 14.8. The van der Waals surface area contributed by atoms with Gasteiger partial charge in [-0.25, -0.2) is 0 Å². The van der Waals surface area contributed by atoms with E-state index in [0.29, 0.717) is 0 Å². The Morgan fingerprint density at radius 1 is 0.519 bits per heavy atom.